The number of rotatable bonds is 2. The number of aliphatic imine (C=N–C) groups is 1. The van der Waals surface area contributed by atoms with Gasteiger partial charge in [-0.15, -0.1) is 0 Å². The number of hydrogen-bond acceptors (Lipinski definition) is 4. The minimum Gasteiger partial charge on any atom is -0.378 e. The lowest BCUT2D eigenvalue weighted by Gasteiger charge is -2.27. The maximum atomic E-state index is 10.5. The monoisotopic (exact) mass is 250 g/mol. The normalized spacial score (nSPS) is 16.7. The lowest BCUT2D eigenvalue weighted by atomic mass is 10.3. The molecule has 18 heavy (non-hydrogen) atoms. The van der Waals surface area contributed by atoms with Gasteiger partial charge < -0.3 is 15.4 Å². The van der Waals surface area contributed by atoms with E-state index in [-0.39, 0.29) is 5.69 Å². The number of morpholine rings is 1. The number of nitro benzene ring substituents is 1. The van der Waals surface area contributed by atoms with E-state index in [4.69, 9.17) is 10.5 Å². The van der Waals surface area contributed by atoms with Crippen molar-refractivity contribution in [3.8, 4) is 0 Å². The third-order valence-electron chi connectivity index (χ3n) is 2.64. The summed E-state index contributed by atoms with van der Waals surface area (Å²) < 4.78 is 5.21. The Morgan fingerprint density at radius 3 is 2.50 bits per heavy atom. The summed E-state index contributed by atoms with van der Waals surface area (Å²) in [5.74, 6) is 0.409. The topological polar surface area (TPSA) is 94.0 Å². The molecule has 0 radical (unpaired) electrons. The van der Waals surface area contributed by atoms with Crippen molar-refractivity contribution in [2.24, 2.45) is 10.7 Å². The number of ether oxygens (including phenoxy) is 1. The first-order valence-corrected chi connectivity index (χ1v) is 5.58. The summed E-state index contributed by atoms with van der Waals surface area (Å²) >= 11 is 0. The van der Waals surface area contributed by atoms with Crippen LogP contribution in [0.4, 0.5) is 11.4 Å². The maximum absolute atomic E-state index is 10.5. The van der Waals surface area contributed by atoms with E-state index in [1.807, 2.05) is 4.90 Å². The van der Waals surface area contributed by atoms with Crippen LogP contribution in [0.25, 0.3) is 0 Å². The Balaban J connectivity index is 2.08. The van der Waals surface area contributed by atoms with Gasteiger partial charge in [-0.25, -0.2) is 4.99 Å². The van der Waals surface area contributed by atoms with Crippen molar-refractivity contribution in [3.63, 3.8) is 0 Å². The molecule has 0 atom stereocenters. The van der Waals surface area contributed by atoms with Gasteiger partial charge in [-0.1, -0.05) is 0 Å². The summed E-state index contributed by atoms with van der Waals surface area (Å²) in [7, 11) is 0. The molecule has 1 aromatic rings. The Morgan fingerprint density at radius 1 is 1.33 bits per heavy atom. The fourth-order valence-corrected chi connectivity index (χ4v) is 1.64. The molecule has 7 nitrogen and oxygen atoms in total. The van der Waals surface area contributed by atoms with E-state index >= 15 is 0 Å². The number of hydrogen-bond donors (Lipinski definition) is 1. The molecule has 0 aliphatic carbocycles. The van der Waals surface area contributed by atoms with Gasteiger partial charge >= 0.3 is 0 Å². The van der Waals surface area contributed by atoms with Crippen molar-refractivity contribution in [2.75, 3.05) is 26.3 Å². The predicted molar refractivity (Wildman–Crippen MR) is 66.8 cm³/mol. The van der Waals surface area contributed by atoms with E-state index in [9.17, 15) is 10.1 Å². The Hall–Kier alpha value is -2.15. The van der Waals surface area contributed by atoms with Crippen LogP contribution < -0.4 is 5.73 Å². The maximum Gasteiger partial charge on any atom is 0.269 e. The molecule has 1 fully saturated rings. The van der Waals surface area contributed by atoms with E-state index < -0.39 is 4.92 Å². The molecular formula is C11H14N4O3. The second-order valence-corrected chi connectivity index (χ2v) is 3.84. The fourth-order valence-electron chi connectivity index (χ4n) is 1.64. The highest BCUT2D eigenvalue weighted by atomic mass is 16.6. The fraction of sp³-hybridized carbons (Fsp3) is 0.364. The van der Waals surface area contributed by atoms with Gasteiger partial charge in [-0.2, -0.15) is 0 Å². The minimum atomic E-state index is -0.446. The number of nitrogens with two attached hydrogens (primary N) is 1. The highest BCUT2D eigenvalue weighted by Gasteiger charge is 2.12. The van der Waals surface area contributed by atoms with Gasteiger partial charge in [0, 0.05) is 25.2 Å². The summed E-state index contributed by atoms with van der Waals surface area (Å²) in [6.45, 7) is 2.69. The first-order chi connectivity index (χ1) is 8.66. The number of benzene rings is 1. The molecule has 2 N–H and O–H groups in total. The van der Waals surface area contributed by atoms with Crippen LogP contribution in [-0.2, 0) is 4.74 Å². The zero-order valence-electron chi connectivity index (χ0n) is 9.78. The first kappa shape index (κ1) is 12.3. The van der Waals surface area contributed by atoms with Crippen molar-refractivity contribution >= 4 is 17.3 Å². The number of non-ortho nitro benzene ring substituents is 1. The van der Waals surface area contributed by atoms with Crippen molar-refractivity contribution < 1.29 is 9.66 Å². The molecule has 0 amide bonds. The highest BCUT2D eigenvalue weighted by molar-refractivity contribution is 5.81. The lowest BCUT2D eigenvalue weighted by Crippen LogP contribution is -2.44. The Labute approximate surface area is 104 Å². The largest absolute Gasteiger partial charge is 0.378 e. The molecule has 1 aliphatic rings. The predicted octanol–water partition coefficient (Wildman–Crippen LogP) is 0.873. The molecule has 0 spiro atoms. The van der Waals surface area contributed by atoms with E-state index in [0.717, 1.165) is 0 Å². The molecule has 0 aromatic heterocycles. The number of nitro groups is 1. The molecule has 1 aliphatic heterocycles. The first-order valence-electron chi connectivity index (χ1n) is 5.58. The molecule has 0 bridgehead atoms. The zero-order valence-corrected chi connectivity index (χ0v) is 9.78. The van der Waals surface area contributed by atoms with Gasteiger partial charge in [0.15, 0.2) is 5.96 Å². The zero-order chi connectivity index (χ0) is 13.0. The summed E-state index contributed by atoms with van der Waals surface area (Å²) in [6, 6.07) is 5.97. The second-order valence-electron chi connectivity index (χ2n) is 3.84. The van der Waals surface area contributed by atoms with Crippen molar-refractivity contribution in [3.05, 3.63) is 34.4 Å². The van der Waals surface area contributed by atoms with Crippen LogP contribution in [0.1, 0.15) is 0 Å². The van der Waals surface area contributed by atoms with E-state index in [2.05, 4.69) is 4.99 Å². The van der Waals surface area contributed by atoms with Gasteiger partial charge in [0.25, 0.3) is 5.69 Å². The van der Waals surface area contributed by atoms with Crippen molar-refractivity contribution in [2.45, 2.75) is 0 Å². The Bertz CT molecular complexity index is 452. The van der Waals surface area contributed by atoms with Crippen LogP contribution in [-0.4, -0.2) is 42.1 Å². The summed E-state index contributed by atoms with van der Waals surface area (Å²) in [5.41, 5.74) is 6.51. The minimum absolute atomic E-state index is 0.0406. The quantitative estimate of drug-likeness (QED) is 0.364. The molecule has 2 rings (SSSR count). The summed E-state index contributed by atoms with van der Waals surface area (Å²) in [4.78, 5) is 16.2. The average molecular weight is 250 g/mol. The van der Waals surface area contributed by atoms with Crippen LogP contribution in [0.3, 0.4) is 0 Å². The van der Waals surface area contributed by atoms with Crippen molar-refractivity contribution in [1.82, 2.24) is 4.90 Å². The summed E-state index contributed by atoms with van der Waals surface area (Å²) in [5, 5.41) is 10.5. The van der Waals surface area contributed by atoms with Crippen LogP contribution in [0.5, 0.6) is 0 Å². The number of nitrogens with zero attached hydrogens (tertiary/aromatic N) is 3. The van der Waals surface area contributed by atoms with Gasteiger partial charge in [0.05, 0.1) is 23.8 Å². The van der Waals surface area contributed by atoms with E-state index in [1.165, 1.54) is 12.1 Å². The molecule has 96 valence electrons. The van der Waals surface area contributed by atoms with Crippen LogP contribution in [0.15, 0.2) is 29.3 Å². The molecule has 1 heterocycles. The SMILES string of the molecule is NC(=Nc1ccc([N+](=O)[O-])cc1)N1CCOCC1. The lowest BCUT2D eigenvalue weighted by molar-refractivity contribution is -0.384. The van der Waals surface area contributed by atoms with Gasteiger partial charge in [0.2, 0.25) is 0 Å². The third kappa shape index (κ3) is 2.95. The third-order valence-corrected chi connectivity index (χ3v) is 2.64. The molecule has 1 saturated heterocycles. The smallest absolute Gasteiger partial charge is 0.269 e. The van der Waals surface area contributed by atoms with Gasteiger partial charge in [-0.3, -0.25) is 10.1 Å². The molecule has 0 saturated carbocycles. The second kappa shape index (κ2) is 5.46. The number of guanidine groups is 1. The van der Waals surface area contributed by atoms with E-state index in [1.54, 1.807) is 12.1 Å². The molecule has 0 unspecified atom stereocenters. The standard InChI is InChI=1S/C11H14N4O3/c12-11(14-5-7-18-8-6-14)13-9-1-3-10(4-2-9)15(16)17/h1-4H,5-8H2,(H2,12,13). The molecule has 1 aromatic carbocycles. The van der Waals surface area contributed by atoms with Crippen molar-refractivity contribution in [1.29, 1.82) is 0 Å². The van der Waals surface area contributed by atoms with Gasteiger partial charge in [-0.05, 0) is 12.1 Å². The van der Waals surface area contributed by atoms with Crippen LogP contribution in [0.2, 0.25) is 0 Å². The Morgan fingerprint density at radius 2 is 1.94 bits per heavy atom. The molecule has 7 heteroatoms. The van der Waals surface area contributed by atoms with E-state index in [0.29, 0.717) is 38.0 Å². The van der Waals surface area contributed by atoms with Crippen LogP contribution in [0, 0.1) is 10.1 Å². The van der Waals surface area contributed by atoms with Crippen LogP contribution >= 0.6 is 0 Å². The Kier molecular flexibility index (Phi) is 3.73. The molecular weight excluding hydrogens is 236 g/mol. The average Bonchev–Trinajstić information content (AvgIpc) is 2.40. The van der Waals surface area contributed by atoms with Gasteiger partial charge in [0.1, 0.15) is 0 Å². The summed E-state index contributed by atoms with van der Waals surface area (Å²) in [6.07, 6.45) is 0. The highest BCUT2D eigenvalue weighted by Crippen LogP contribution is 2.18.